The smallest absolute Gasteiger partial charge is 0.334 e. The Morgan fingerprint density at radius 3 is 2.53 bits per heavy atom. The van der Waals surface area contributed by atoms with Crippen molar-refractivity contribution in [2.45, 2.75) is 4.90 Å². The van der Waals surface area contributed by atoms with E-state index in [0.717, 1.165) is 4.90 Å². The largest absolute Gasteiger partial charge is 0.429 e. The summed E-state index contributed by atoms with van der Waals surface area (Å²) in [5.74, 6) is 0. The lowest BCUT2D eigenvalue weighted by molar-refractivity contribution is 0.0936. The topological polar surface area (TPSA) is 82.0 Å². The number of carbonyl (C=O) groups is 1. The van der Waals surface area contributed by atoms with E-state index < -0.39 is 16.9 Å². The summed E-state index contributed by atoms with van der Waals surface area (Å²) in [4.78, 5) is 19.0. The quantitative estimate of drug-likeness (QED) is 0.745. The number of carbonyl (C=O) groups excluding carboxylic acids is 1. The molecule has 96 valence electrons. The van der Waals surface area contributed by atoms with Gasteiger partial charge in [-0.2, -0.15) is 0 Å². The van der Waals surface area contributed by atoms with Crippen molar-refractivity contribution in [1.29, 1.82) is 0 Å². The van der Waals surface area contributed by atoms with Crippen molar-refractivity contribution in [1.82, 2.24) is 9.79 Å². The maximum atomic E-state index is 11.1. The number of rotatable bonds is 3. The first-order valence-corrected chi connectivity index (χ1v) is 6.86. The van der Waals surface area contributed by atoms with Crippen molar-refractivity contribution in [3.05, 3.63) is 28.7 Å². The molecule has 0 aliphatic rings. The zero-order valence-electron chi connectivity index (χ0n) is 9.25. The molecule has 0 saturated carbocycles. The van der Waals surface area contributed by atoms with Gasteiger partial charge in [-0.3, -0.25) is 9.11 Å². The molecule has 0 atom stereocenters. The third kappa shape index (κ3) is 3.86. The summed E-state index contributed by atoms with van der Waals surface area (Å²) in [6.45, 7) is 0. The molecule has 0 bridgehead atoms. The van der Waals surface area contributed by atoms with E-state index in [-0.39, 0.29) is 4.90 Å². The van der Waals surface area contributed by atoms with E-state index in [0.29, 0.717) is 4.47 Å². The molecule has 0 radical (unpaired) electrons. The van der Waals surface area contributed by atoms with Crippen LogP contribution in [0.15, 0.2) is 33.6 Å². The molecule has 0 aliphatic carbocycles. The van der Waals surface area contributed by atoms with Crippen LogP contribution in [0, 0.1) is 0 Å². The lowest BCUT2D eigenvalue weighted by Crippen LogP contribution is -2.31. The number of halogens is 1. The van der Waals surface area contributed by atoms with E-state index in [9.17, 15) is 13.9 Å². The molecule has 0 fully saturated rings. The Morgan fingerprint density at radius 2 is 2.00 bits per heavy atom. The summed E-state index contributed by atoms with van der Waals surface area (Å²) in [7, 11) is -0.425. The van der Waals surface area contributed by atoms with Crippen LogP contribution in [0.1, 0.15) is 0 Å². The molecule has 0 unspecified atom stereocenters. The summed E-state index contributed by atoms with van der Waals surface area (Å²) in [5, 5.41) is 0. The average molecular weight is 325 g/mol. The van der Waals surface area contributed by atoms with Gasteiger partial charge in [0.15, 0.2) is 0 Å². The van der Waals surface area contributed by atoms with Crippen LogP contribution in [0.4, 0.5) is 4.79 Å². The maximum absolute atomic E-state index is 11.1. The Morgan fingerprint density at radius 1 is 1.41 bits per heavy atom. The van der Waals surface area contributed by atoms with Crippen LogP contribution in [0.3, 0.4) is 0 Å². The number of nitrogens with zero attached hydrogens (tertiary/aromatic N) is 1. The van der Waals surface area contributed by atoms with Gasteiger partial charge in [0, 0.05) is 18.6 Å². The second-order valence-electron chi connectivity index (χ2n) is 3.33. The zero-order valence-corrected chi connectivity index (χ0v) is 11.7. The van der Waals surface area contributed by atoms with Gasteiger partial charge in [-0.1, -0.05) is 22.9 Å². The van der Waals surface area contributed by atoms with Crippen LogP contribution in [0.25, 0.3) is 0 Å². The van der Waals surface area contributed by atoms with Crippen molar-refractivity contribution >= 4 is 32.8 Å². The molecular weight excluding hydrogens is 312 g/mol. The van der Waals surface area contributed by atoms with Crippen LogP contribution in [0.5, 0.6) is 0 Å². The van der Waals surface area contributed by atoms with Gasteiger partial charge in [-0.25, -0.2) is 4.79 Å². The van der Waals surface area contributed by atoms with Crippen LogP contribution in [-0.2, 0) is 4.84 Å². The normalized spacial score (nSPS) is 12.1. The molecule has 1 aromatic carbocycles. The Balaban J connectivity index is 2.76. The SMILES string of the molecule is CN(C)C(=O)ONS(O)(O)c1ccccc1Br. The molecule has 0 saturated heterocycles. The number of amides is 1. The minimum Gasteiger partial charge on any atom is -0.334 e. The summed E-state index contributed by atoms with van der Waals surface area (Å²) in [5.41, 5.74) is 0. The van der Waals surface area contributed by atoms with Crippen LogP contribution in [0.2, 0.25) is 0 Å². The lowest BCUT2D eigenvalue weighted by atomic mass is 10.4. The first kappa shape index (κ1) is 14.3. The maximum Gasteiger partial charge on any atom is 0.429 e. The van der Waals surface area contributed by atoms with Crippen LogP contribution < -0.4 is 4.89 Å². The average Bonchev–Trinajstić information content (AvgIpc) is 2.26. The van der Waals surface area contributed by atoms with Crippen molar-refractivity contribution < 1.29 is 18.7 Å². The van der Waals surface area contributed by atoms with Gasteiger partial charge in [-0.15, -0.1) is 0 Å². The van der Waals surface area contributed by atoms with Crippen molar-refractivity contribution in [2.75, 3.05) is 14.1 Å². The number of hydrogen-bond acceptors (Lipinski definition) is 5. The monoisotopic (exact) mass is 324 g/mol. The molecule has 0 aliphatic heterocycles. The van der Waals surface area contributed by atoms with Gasteiger partial charge in [0.05, 0.1) is 4.90 Å². The Labute approximate surface area is 109 Å². The summed E-state index contributed by atoms with van der Waals surface area (Å²) < 4.78 is 20.1. The Hall–Kier alpha value is -0.800. The molecule has 1 amide bonds. The highest BCUT2D eigenvalue weighted by molar-refractivity contribution is 9.10. The van der Waals surface area contributed by atoms with Gasteiger partial charge >= 0.3 is 6.09 Å². The predicted molar refractivity (Wildman–Crippen MR) is 68.6 cm³/mol. The van der Waals surface area contributed by atoms with E-state index in [1.165, 1.54) is 20.2 Å². The first-order valence-electron chi connectivity index (χ1n) is 4.52. The molecule has 0 aromatic heterocycles. The number of hydrogen-bond donors (Lipinski definition) is 3. The Kier molecular flexibility index (Phi) is 4.78. The zero-order chi connectivity index (χ0) is 13.1. The second-order valence-corrected chi connectivity index (χ2v) is 5.88. The third-order valence-electron chi connectivity index (χ3n) is 1.75. The van der Waals surface area contributed by atoms with Crippen molar-refractivity contribution in [3.8, 4) is 0 Å². The van der Waals surface area contributed by atoms with Crippen molar-refractivity contribution in [2.24, 2.45) is 0 Å². The Bertz CT molecular complexity index is 414. The standard InChI is InChI=1S/C9H13BrN2O4S/c1-12(2)9(13)16-11-17(14,15)8-6-4-3-5-7(8)10/h3-6,11,14-15H,1-2H3. The van der Waals surface area contributed by atoms with E-state index >= 15 is 0 Å². The van der Waals surface area contributed by atoms with Crippen LogP contribution in [-0.4, -0.2) is 34.2 Å². The van der Waals surface area contributed by atoms with Gasteiger partial charge < -0.3 is 9.74 Å². The van der Waals surface area contributed by atoms with E-state index in [1.54, 1.807) is 18.2 Å². The third-order valence-corrected chi connectivity index (χ3v) is 3.99. The summed E-state index contributed by atoms with van der Waals surface area (Å²) >= 11 is 3.18. The molecule has 0 spiro atoms. The molecule has 3 N–H and O–H groups in total. The fraction of sp³-hybridized carbons (Fsp3) is 0.222. The first-order chi connectivity index (χ1) is 7.84. The highest BCUT2D eigenvalue weighted by Crippen LogP contribution is 2.47. The van der Waals surface area contributed by atoms with Gasteiger partial charge in [0.2, 0.25) is 0 Å². The molecular formula is C9H13BrN2O4S. The minimum absolute atomic E-state index is 0.214. The minimum atomic E-state index is -3.39. The van der Waals surface area contributed by atoms with Gasteiger partial charge in [-0.05, 0) is 32.9 Å². The van der Waals surface area contributed by atoms with Crippen molar-refractivity contribution in [3.63, 3.8) is 0 Å². The van der Waals surface area contributed by atoms with Gasteiger partial charge in [0.25, 0.3) is 0 Å². The number of benzene rings is 1. The summed E-state index contributed by atoms with van der Waals surface area (Å²) in [6.07, 6.45) is -0.725. The van der Waals surface area contributed by atoms with Gasteiger partial charge in [0.1, 0.15) is 0 Å². The molecule has 1 aromatic rings. The molecule has 6 nitrogen and oxygen atoms in total. The fourth-order valence-electron chi connectivity index (χ4n) is 0.905. The highest BCUT2D eigenvalue weighted by atomic mass is 79.9. The summed E-state index contributed by atoms with van der Waals surface area (Å²) in [6, 6.07) is 6.54. The molecule has 1 rings (SSSR count). The fourth-order valence-corrected chi connectivity index (χ4v) is 2.75. The van der Waals surface area contributed by atoms with Crippen LogP contribution >= 0.6 is 26.7 Å². The lowest BCUT2D eigenvalue weighted by Gasteiger charge is -2.32. The van der Waals surface area contributed by atoms with E-state index in [2.05, 4.69) is 20.8 Å². The van der Waals surface area contributed by atoms with E-state index in [4.69, 9.17) is 0 Å². The molecule has 17 heavy (non-hydrogen) atoms. The highest BCUT2D eigenvalue weighted by Gasteiger charge is 2.20. The predicted octanol–water partition coefficient (Wildman–Crippen LogP) is 2.68. The number of nitrogens with one attached hydrogen (secondary N) is 1. The second kappa shape index (κ2) is 5.69. The molecule has 0 heterocycles. The molecule has 8 heteroatoms. The van der Waals surface area contributed by atoms with E-state index in [1.807, 2.05) is 4.89 Å².